The number of hydrogen-bond donors (Lipinski definition) is 0. The first kappa shape index (κ1) is 16.8. The fourth-order valence-corrected chi connectivity index (χ4v) is 2.61. The van der Waals surface area contributed by atoms with Gasteiger partial charge in [-0.05, 0) is 37.3 Å². The van der Waals surface area contributed by atoms with Crippen molar-refractivity contribution in [2.75, 3.05) is 7.05 Å². The molecule has 0 aliphatic carbocycles. The van der Waals surface area contributed by atoms with Crippen LogP contribution < -0.4 is 4.74 Å². The Balaban J connectivity index is 1.71. The number of furan rings is 1. The number of amides is 1. The normalized spacial score (nSPS) is 10.5. The summed E-state index contributed by atoms with van der Waals surface area (Å²) in [6.45, 7) is 2.67. The van der Waals surface area contributed by atoms with Gasteiger partial charge in [0.2, 0.25) is 0 Å². The predicted octanol–water partition coefficient (Wildman–Crippen LogP) is 4.44. The number of rotatable bonds is 6. The molecule has 1 amide bonds. The maximum absolute atomic E-state index is 12.8. The van der Waals surface area contributed by atoms with Gasteiger partial charge < -0.3 is 14.1 Å². The fourth-order valence-electron chi connectivity index (χ4n) is 2.61. The van der Waals surface area contributed by atoms with Gasteiger partial charge in [-0.3, -0.25) is 4.79 Å². The van der Waals surface area contributed by atoms with Crippen LogP contribution in [0, 0.1) is 6.92 Å². The molecule has 0 saturated heterocycles. The van der Waals surface area contributed by atoms with E-state index < -0.39 is 0 Å². The Kier molecular flexibility index (Phi) is 5.19. The monoisotopic (exact) mass is 335 g/mol. The quantitative estimate of drug-likeness (QED) is 0.669. The molecule has 0 aliphatic heterocycles. The maximum Gasteiger partial charge on any atom is 0.254 e. The van der Waals surface area contributed by atoms with E-state index in [1.807, 2.05) is 73.7 Å². The molecular formula is C21H21NO3. The molecule has 0 aliphatic rings. The molecule has 1 aromatic heterocycles. The van der Waals surface area contributed by atoms with E-state index >= 15 is 0 Å². The topological polar surface area (TPSA) is 42.7 Å². The summed E-state index contributed by atoms with van der Waals surface area (Å²) in [7, 11) is 1.77. The first-order chi connectivity index (χ1) is 12.1. The molecule has 0 atom stereocenters. The molecule has 0 radical (unpaired) electrons. The average Bonchev–Trinajstić information content (AvgIpc) is 3.05. The Labute approximate surface area is 147 Å². The van der Waals surface area contributed by atoms with Crippen molar-refractivity contribution < 1.29 is 13.9 Å². The summed E-state index contributed by atoms with van der Waals surface area (Å²) in [4.78, 5) is 14.5. The zero-order chi connectivity index (χ0) is 17.6. The fraction of sp³-hybridized carbons (Fsp3) is 0.190. The molecule has 0 bridgehead atoms. The number of benzene rings is 2. The van der Waals surface area contributed by atoms with Crippen molar-refractivity contribution in [1.29, 1.82) is 0 Å². The molecule has 2 aromatic carbocycles. The van der Waals surface area contributed by atoms with Crippen molar-refractivity contribution >= 4 is 5.91 Å². The third kappa shape index (κ3) is 4.29. The molecule has 128 valence electrons. The van der Waals surface area contributed by atoms with Crippen molar-refractivity contribution in [3.63, 3.8) is 0 Å². The first-order valence-corrected chi connectivity index (χ1v) is 8.20. The van der Waals surface area contributed by atoms with Crippen LogP contribution in [0.1, 0.15) is 27.4 Å². The van der Waals surface area contributed by atoms with Crippen LogP contribution in [0.25, 0.3) is 0 Å². The minimum absolute atomic E-state index is 0.0543. The lowest BCUT2D eigenvalue weighted by Gasteiger charge is -2.18. The summed E-state index contributed by atoms with van der Waals surface area (Å²) < 4.78 is 11.4. The Morgan fingerprint density at radius 2 is 1.72 bits per heavy atom. The van der Waals surface area contributed by atoms with Crippen LogP contribution in [0.4, 0.5) is 0 Å². The Morgan fingerprint density at radius 3 is 2.44 bits per heavy atom. The third-order valence-electron chi connectivity index (χ3n) is 3.92. The van der Waals surface area contributed by atoms with Crippen molar-refractivity contribution in [1.82, 2.24) is 4.90 Å². The van der Waals surface area contributed by atoms with E-state index in [0.29, 0.717) is 18.7 Å². The van der Waals surface area contributed by atoms with Crippen LogP contribution in [0.15, 0.2) is 71.1 Å². The Hall–Kier alpha value is -3.01. The summed E-state index contributed by atoms with van der Waals surface area (Å²) in [6.07, 6.45) is 0. The van der Waals surface area contributed by atoms with Crippen molar-refractivity contribution in [3.05, 3.63) is 89.4 Å². The second kappa shape index (κ2) is 7.71. The summed E-state index contributed by atoms with van der Waals surface area (Å²) >= 11 is 0. The van der Waals surface area contributed by atoms with E-state index in [1.54, 1.807) is 11.9 Å². The molecule has 4 heteroatoms. The van der Waals surface area contributed by atoms with Gasteiger partial charge in [-0.15, -0.1) is 0 Å². The lowest BCUT2D eigenvalue weighted by Crippen LogP contribution is -2.27. The molecule has 0 spiro atoms. The number of carbonyl (C=O) groups is 1. The second-order valence-corrected chi connectivity index (χ2v) is 5.93. The number of nitrogens with zero attached hydrogens (tertiary/aromatic N) is 1. The number of para-hydroxylation sites is 1. The Bertz CT molecular complexity index is 839. The number of carbonyl (C=O) groups excluding carboxylic acids is 1. The zero-order valence-corrected chi connectivity index (χ0v) is 14.4. The van der Waals surface area contributed by atoms with Crippen molar-refractivity contribution in [2.24, 2.45) is 0 Å². The van der Waals surface area contributed by atoms with Crippen LogP contribution >= 0.6 is 0 Å². The van der Waals surface area contributed by atoms with E-state index in [0.717, 1.165) is 22.8 Å². The smallest absolute Gasteiger partial charge is 0.254 e. The number of aryl methyl sites for hydroxylation is 1. The van der Waals surface area contributed by atoms with E-state index in [4.69, 9.17) is 9.15 Å². The van der Waals surface area contributed by atoms with Gasteiger partial charge in [0.25, 0.3) is 5.91 Å². The molecule has 3 aromatic rings. The third-order valence-corrected chi connectivity index (χ3v) is 3.92. The average molecular weight is 335 g/mol. The van der Waals surface area contributed by atoms with Gasteiger partial charge in [0.15, 0.2) is 0 Å². The van der Waals surface area contributed by atoms with Gasteiger partial charge in [-0.2, -0.15) is 0 Å². The lowest BCUT2D eigenvalue weighted by molar-refractivity contribution is 0.0772. The first-order valence-electron chi connectivity index (χ1n) is 8.20. The van der Waals surface area contributed by atoms with Crippen LogP contribution in [0.3, 0.4) is 0 Å². The number of ether oxygens (including phenoxy) is 1. The van der Waals surface area contributed by atoms with Crippen LogP contribution in [0.5, 0.6) is 5.75 Å². The van der Waals surface area contributed by atoms with E-state index in [9.17, 15) is 4.79 Å². The van der Waals surface area contributed by atoms with E-state index in [1.165, 1.54) is 0 Å². The van der Waals surface area contributed by atoms with Gasteiger partial charge in [0.1, 0.15) is 23.9 Å². The Morgan fingerprint density at radius 1 is 1.00 bits per heavy atom. The highest BCUT2D eigenvalue weighted by Gasteiger charge is 2.17. The minimum Gasteiger partial charge on any atom is -0.489 e. The highest BCUT2D eigenvalue weighted by Crippen LogP contribution is 2.17. The highest BCUT2D eigenvalue weighted by atomic mass is 16.5. The van der Waals surface area contributed by atoms with Gasteiger partial charge in [0.05, 0.1) is 6.54 Å². The molecule has 3 rings (SSSR count). The molecule has 1 heterocycles. The van der Waals surface area contributed by atoms with Crippen LogP contribution in [-0.4, -0.2) is 17.9 Å². The maximum atomic E-state index is 12.8. The molecular weight excluding hydrogens is 314 g/mol. The molecule has 0 unspecified atom stereocenters. The highest BCUT2D eigenvalue weighted by molar-refractivity contribution is 5.95. The van der Waals surface area contributed by atoms with Crippen LogP contribution in [0.2, 0.25) is 0 Å². The van der Waals surface area contributed by atoms with E-state index in [-0.39, 0.29) is 5.91 Å². The van der Waals surface area contributed by atoms with Gasteiger partial charge in [-0.25, -0.2) is 0 Å². The van der Waals surface area contributed by atoms with Crippen molar-refractivity contribution in [2.45, 2.75) is 20.1 Å². The SMILES string of the molecule is Cc1ccc(CN(C)C(=O)c2ccccc2COc2ccccc2)o1. The standard InChI is InChI=1S/C21H21NO3/c1-16-12-13-19(25-16)14-22(2)21(23)20-11-7-6-8-17(20)15-24-18-9-4-3-5-10-18/h3-13H,14-15H2,1-2H3. The molecule has 0 fully saturated rings. The predicted molar refractivity (Wildman–Crippen MR) is 96.5 cm³/mol. The number of hydrogen-bond acceptors (Lipinski definition) is 3. The van der Waals surface area contributed by atoms with Gasteiger partial charge >= 0.3 is 0 Å². The molecule has 0 N–H and O–H groups in total. The molecule has 4 nitrogen and oxygen atoms in total. The van der Waals surface area contributed by atoms with Gasteiger partial charge in [0, 0.05) is 18.2 Å². The summed E-state index contributed by atoms with van der Waals surface area (Å²) in [6, 6.07) is 20.9. The summed E-state index contributed by atoms with van der Waals surface area (Å²) in [5.74, 6) is 2.34. The van der Waals surface area contributed by atoms with Gasteiger partial charge in [-0.1, -0.05) is 36.4 Å². The lowest BCUT2D eigenvalue weighted by atomic mass is 10.1. The van der Waals surface area contributed by atoms with Crippen molar-refractivity contribution in [3.8, 4) is 5.75 Å². The summed E-state index contributed by atoms with van der Waals surface area (Å²) in [5, 5.41) is 0. The second-order valence-electron chi connectivity index (χ2n) is 5.93. The van der Waals surface area contributed by atoms with Crippen LogP contribution in [-0.2, 0) is 13.2 Å². The largest absolute Gasteiger partial charge is 0.489 e. The molecule has 25 heavy (non-hydrogen) atoms. The minimum atomic E-state index is -0.0543. The molecule has 0 saturated carbocycles. The summed E-state index contributed by atoms with van der Waals surface area (Å²) in [5.41, 5.74) is 1.50. The zero-order valence-electron chi connectivity index (χ0n) is 14.4. The van der Waals surface area contributed by atoms with E-state index in [2.05, 4.69) is 0 Å².